The van der Waals surface area contributed by atoms with Crippen molar-refractivity contribution in [3.63, 3.8) is 0 Å². The van der Waals surface area contributed by atoms with E-state index in [2.05, 4.69) is 0 Å². The maximum Gasteiger partial charge on any atom is 0.218 e. The van der Waals surface area contributed by atoms with Crippen LogP contribution >= 0.6 is 0 Å². The minimum Gasteiger partial charge on any atom is -0.399 e. The summed E-state index contributed by atoms with van der Waals surface area (Å²) in [5, 5.41) is 0. The molecular weight excluding hydrogens is 280 g/mol. The van der Waals surface area contributed by atoms with Crippen molar-refractivity contribution in [1.29, 1.82) is 0 Å². The molecule has 1 aliphatic heterocycles. The minimum atomic E-state index is -3.40. The molecule has 0 amide bonds. The minimum absolute atomic E-state index is 0.0646. The topological polar surface area (TPSA) is 81.9 Å². The molecule has 2 N–H and O–H groups in total. The largest absolute Gasteiger partial charge is 0.399 e. The molecule has 0 radical (unpaired) electrons. The van der Waals surface area contributed by atoms with Gasteiger partial charge in [-0.2, -0.15) is 4.31 Å². The second-order valence-electron chi connectivity index (χ2n) is 4.87. The van der Waals surface area contributed by atoms with Gasteiger partial charge in [0.15, 0.2) is 0 Å². The van der Waals surface area contributed by atoms with E-state index in [9.17, 15) is 8.42 Å². The average molecular weight is 300 g/mol. The van der Waals surface area contributed by atoms with E-state index in [1.54, 1.807) is 38.5 Å². The summed E-state index contributed by atoms with van der Waals surface area (Å²) in [6.45, 7) is 0.638. The van der Waals surface area contributed by atoms with Gasteiger partial charge in [0.2, 0.25) is 10.0 Å². The maximum absolute atomic E-state index is 12.4. The molecule has 1 aliphatic rings. The van der Waals surface area contributed by atoms with Crippen LogP contribution in [0.3, 0.4) is 0 Å². The van der Waals surface area contributed by atoms with E-state index in [0.717, 1.165) is 0 Å². The molecule has 1 fully saturated rings. The summed E-state index contributed by atoms with van der Waals surface area (Å²) in [6, 6.07) is 6.91. The normalized spacial score (nSPS) is 24.1. The zero-order valence-electron chi connectivity index (χ0n) is 11.7. The highest BCUT2D eigenvalue weighted by Gasteiger charge is 2.38. The predicted molar refractivity (Wildman–Crippen MR) is 76.6 cm³/mol. The molecule has 1 heterocycles. The zero-order valence-corrected chi connectivity index (χ0v) is 12.5. The quantitative estimate of drug-likeness (QED) is 0.798. The summed E-state index contributed by atoms with van der Waals surface area (Å²) in [4.78, 5) is 0. The number of sulfonamides is 1. The molecular formula is C13H20N2O4S. The second kappa shape index (κ2) is 6.09. The van der Waals surface area contributed by atoms with Crippen molar-refractivity contribution in [2.45, 2.75) is 18.0 Å². The lowest BCUT2D eigenvalue weighted by molar-refractivity contribution is -0.00461. The van der Waals surface area contributed by atoms with Gasteiger partial charge in [-0.25, -0.2) is 8.42 Å². The summed E-state index contributed by atoms with van der Waals surface area (Å²) in [7, 11) is -0.278. The highest BCUT2D eigenvalue weighted by molar-refractivity contribution is 7.88. The highest BCUT2D eigenvalue weighted by Crippen LogP contribution is 2.22. The van der Waals surface area contributed by atoms with Crippen molar-refractivity contribution < 1.29 is 17.9 Å². The van der Waals surface area contributed by atoms with Gasteiger partial charge < -0.3 is 15.2 Å². The first-order valence-electron chi connectivity index (χ1n) is 6.34. The Balaban J connectivity index is 2.11. The van der Waals surface area contributed by atoms with Gasteiger partial charge in [0.25, 0.3) is 0 Å². The molecule has 7 heteroatoms. The summed E-state index contributed by atoms with van der Waals surface area (Å²) in [5.41, 5.74) is 6.91. The molecule has 1 saturated heterocycles. The molecule has 6 nitrogen and oxygen atoms in total. The van der Waals surface area contributed by atoms with Crippen LogP contribution in [0.2, 0.25) is 0 Å². The third-order valence-electron chi connectivity index (χ3n) is 3.48. The molecule has 0 aromatic heterocycles. The van der Waals surface area contributed by atoms with Gasteiger partial charge in [-0.3, -0.25) is 0 Å². The number of benzene rings is 1. The van der Waals surface area contributed by atoms with Crippen molar-refractivity contribution >= 4 is 15.7 Å². The highest BCUT2D eigenvalue weighted by atomic mass is 32.2. The molecule has 0 spiro atoms. The standard InChI is InChI=1S/C13H20N2O4S/c1-18-12-7-15(8-13(12)19-2)20(16,17)9-10-4-3-5-11(14)6-10/h3-6,12-13H,7-9,14H2,1-2H3. The Hall–Kier alpha value is -1.15. The molecule has 2 rings (SSSR count). The van der Waals surface area contributed by atoms with Gasteiger partial charge >= 0.3 is 0 Å². The lowest BCUT2D eigenvalue weighted by Crippen LogP contribution is -2.31. The molecule has 0 aliphatic carbocycles. The van der Waals surface area contributed by atoms with E-state index in [1.807, 2.05) is 0 Å². The Bertz CT molecular complexity index is 549. The van der Waals surface area contributed by atoms with Crippen LogP contribution in [0.1, 0.15) is 5.56 Å². The van der Waals surface area contributed by atoms with E-state index in [0.29, 0.717) is 24.3 Å². The van der Waals surface area contributed by atoms with Crippen molar-refractivity contribution in [2.24, 2.45) is 0 Å². The number of anilines is 1. The number of rotatable bonds is 5. The van der Waals surface area contributed by atoms with Crippen LogP contribution in [-0.2, 0) is 25.2 Å². The Labute approximate surface area is 119 Å². The van der Waals surface area contributed by atoms with E-state index in [-0.39, 0.29) is 18.0 Å². The van der Waals surface area contributed by atoms with Crippen LogP contribution in [0, 0.1) is 0 Å². The number of methoxy groups -OCH3 is 2. The lowest BCUT2D eigenvalue weighted by Gasteiger charge is -2.16. The summed E-state index contributed by atoms with van der Waals surface area (Å²) >= 11 is 0. The molecule has 2 unspecified atom stereocenters. The van der Waals surface area contributed by atoms with Crippen LogP contribution in [0.5, 0.6) is 0 Å². The van der Waals surface area contributed by atoms with Gasteiger partial charge in [-0.1, -0.05) is 12.1 Å². The lowest BCUT2D eigenvalue weighted by atomic mass is 10.2. The van der Waals surface area contributed by atoms with Crippen molar-refractivity contribution in [1.82, 2.24) is 4.31 Å². The summed E-state index contributed by atoms with van der Waals surface area (Å²) in [6.07, 6.45) is -0.453. The SMILES string of the molecule is COC1CN(S(=O)(=O)Cc2cccc(N)c2)CC1OC. The third kappa shape index (κ3) is 3.29. The van der Waals surface area contributed by atoms with Crippen LogP contribution in [0.15, 0.2) is 24.3 Å². The third-order valence-corrected chi connectivity index (χ3v) is 5.26. The van der Waals surface area contributed by atoms with Gasteiger partial charge in [-0.15, -0.1) is 0 Å². The Kier molecular flexibility index (Phi) is 4.64. The van der Waals surface area contributed by atoms with E-state index in [1.165, 1.54) is 4.31 Å². The van der Waals surface area contributed by atoms with Crippen molar-refractivity contribution in [2.75, 3.05) is 33.0 Å². The maximum atomic E-state index is 12.4. The van der Waals surface area contributed by atoms with E-state index < -0.39 is 10.0 Å². The number of ether oxygens (including phenoxy) is 2. The first-order chi connectivity index (χ1) is 9.46. The van der Waals surface area contributed by atoms with Crippen LogP contribution in [0.25, 0.3) is 0 Å². The average Bonchev–Trinajstić information content (AvgIpc) is 2.82. The first-order valence-corrected chi connectivity index (χ1v) is 7.95. The van der Waals surface area contributed by atoms with Crippen molar-refractivity contribution in [3.8, 4) is 0 Å². The van der Waals surface area contributed by atoms with Crippen LogP contribution in [0.4, 0.5) is 5.69 Å². The number of hydrogen-bond donors (Lipinski definition) is 1. The Morgan fingerprint density at radius 1 is 1.25 bits per heavy atom. The molecule has 112 valence electrons. The molecule has 0 saturated carbocycles. The summed E-state index contributed by atoms with van der Waals surface area (Å²) in [5.74, 6) is -0.0646. The molecule has 0 bridgehead atoms. The van der Waals surface area contributed by atoms with Gasteiger partial charge in [-0.05, 0) is 17.7 Å². The zero-order chi connectivity index (χ0) is 14.8. The van der Waals surface area contributed by atoms with Crippen molar-refractivity contribution in [3.05, 3.63) is 29.8 Å². The fourth-order valence-electron chi connectivity index (χ4n) is 2.38. The van der Waals surface area contributed by atoms with Gasteiger partial charge in [0.1, 0.15) is 0 Å². The van der Waals surface area contributed by atoms with Crippen LogP contribution in [-0.4, -0.2) is 52.2 Å². The van der Waals surface area contributed by atoms with Gasteiger partial charge in [0, 0.05) is 33.0 Å². The monoisotopic (exact) mass is 300 g/mol. The summed E-state index contributed by atoms with van der Waals surface area (Å²) < 4.78 is 36.8. The number of nitrogens with two attached hydrogens (primary N) is 1. The number of nitrogen functional groups attached to an aromatic ring is 1. The van der Waals surface area contributed by atoms with Crippen LogP contribution < -0.4 is 5.73 Å². The van der Waals surface area contributed by atoms with E-state index >= 15 is 0 Å². The molecule has 1 aromatic carbocycles. The molecule has 20 heavy (non-hydrogen) atoms. The van der Waals surface area contributed by atoms with E-state index in [4.69, 9.17) is 15.2 Å². The Morgan fingerprint density at radius 3 is 2.35 bits per heavy atom. The smallest absolute Gasteiger partial charge is 0.218 e. The first kappa shape index (κ1) is 15.2. The fourth-order valence-corrected chi connectivity index (χ4v) is 3.91. The molecule has 1 aromatic rings. The second-order valence-corrected chi connectivity index (χ2v) is 6.84. The molecule has 2 atom stereocenters. The number of hydrogen-bond acceptors (Lipinski definition) is 5. The predicted octanol–water partition coefficient (Wildman–Crippen LogP) is 0.444. The number of nitrogens with zero attached hydrogens (tertiary/aromatic N) is 1. The Morgan fingerprint density at radius 2 is 1.85 bits per heavy atom. The fraction of sp³-hybridized carbons (Fsp3) is 0.538. The van der Waals surface area contributed by atoms with Gasteiger partial charge in [0.05, 0.1) is 18.0 Å².